The van der Waals surface area contributed by atoms with E-state index in [0.29, 0.717) is 6.42 Å². The molecule has 1 fully saturated rings. The SMILES string of the molecule is COC(=O)Cc1ccccc1CN1CCC(C#N)CC1. The molecule has 1 aromatic rings. The minimum Gasteiger partial charge on any atom is -0.469 e. The van der Waals surface area contributed by atoms with E-state index in [9.17, 15) is 4.79 Å². The van der Waals surface area contributed by atoms with Crippen LogP contribution in [0.3, 0.4) is 0 Å². The number of hydrogen-bond acceptors (Lipinski definition) is 4. The van der Waals surface area contributed by atoms with E-state index in [0.717, 1.165) is 38.0 Å². The van der Waals surface area contributed by atoms with Gasteiger partial charge in [0.05, 0.1) is 19.6 Å². The third-order valence-electron chi connectivity index (χ3n) is 3.84. The summed E-state index contributed by atoms with van der Waals surface area (Å²) in [6.45, 7) is 2.74. The molecular formula is C16H20N2O2. The number of nitrogens with zero attached hydrogens (tertiary/aromatic N) is 2. The zero-order valence-corrected chi connectivity index (χ0v) is 11.8. The molecule has 0 spiro atoms. The molecule has 0 N–H and O–H groups in total. The lowest BCUT2D eigenvalue weighted by Gasteiger charge is -2.29. The Bertz CT molecular complexity index is 499. The zero-order chi connectivity index (χ0) is 14.4. The maximum absolute atomic E-state index is 11.4. The molecule has 1 aromatic carbocycles. The van der Waals surface area contributed by atoms with Crippen molar-refractivity contribution in [3.8, 4) is 6.07 Å². The summed E-state index contributed by atoms with van der Waals surface area (Å²) in [7, 11) is 1.41. The molecule has 0 bridgehead atoms. The van der Waals surface area contributed by atoms with Crippen LogP contribution in [0.25, 0.3) is 0 Å². The molecule has 0 aromatic heterocycles. The number of hydrogen-bond donors (Lipinski definition) is 0. The highest BCUT2D eigenvalue weighted by Crippen LogP contribution is 2.20. The second kappa shape index (κ2) is 7.06. The standard InChI is InChI=1S/C16H20N2O2/c1-20-16(19)10-14-4-2-3-5-15(14)12-18-8-6-13(11-17)7-9-18/h2-5,13H,6-10,12H2,1H3. The summed E-state index contributed by atoms with van der Waals surface area (Å²) in [4.78, 5) is 13.8. The van der Waals surface area contributed by atoms with Gasteiger partial charge in [0.1, 0.15) is 0 Å². The van der Waals surface area contributed by atoms with Crippen molar-refractivity contribution in [2.24, 2.45) is 5.92 Å². The molecule has 106 valence electrons. The predicted octanol–water partition coefficient (Wildman–Crippen LogP) is 2.14. The van der Waals surface area contributed by atoms with Crippen LogP contribution in [-0.2, 0) is 22.5 Å². The fraction of sp³-hybridized carbons (Fsp3) is 0.500. The van der Waals surface area contributed by atoms with Crippen molar-refractivity contribution >= 4 is 5.97 Å². The molecule has 0 unspecified atom stereocenters. The number of methoxy groups -OCH3 is 1. The van der Waals surface area contributed by atoms with E-state index in [1.807, 2.05) is 18.2 Å². The summed E-state index contributed by atoms with van der Waals surface area (Å²) in [5.74, 6) is -0.00259. The molecule has 4 heteroatoms. The third kappa shape index (κ3) is 3.82. The van der Waals surface area contributed by atoms with E-state index >= 15 is 0 Å². The van der Waals surface area contributed by atoms with Gasteiger partial charge in [0.2, 0.25) is 0 Å². The van der Waals surface area contributed by atoms with Gasteiger partial charge in [-0.05, 0) is 37.1 Å². The molecule has 0 aliphatic carbocycles. The topological polar surface area (TPSA) is 53.3 Å². The Labute approximate surface area is 120 Å². The number of benzene rings is 1. The number of piperidine rings is 1. The third-order valence-corrected chi connectivity index (χ3v) is 3.84. The second-order valence-corrected chi connectivity index (χ2v) is 5.20. The van der Waals surface area contributed by atoms with E-state index in [4.69, 9.17) is 10.00 Å². The van der Waals surface area contributed by atoms with Gasteiger partial charge in [-0.2, -0.15) is 5.26 Å². The van der Waals surface area contributed by atoms with Gasteiger partial charge in [0.15, 0.2) is 0 Å². The van der Waals surface area contributed by atoms with Crippen molar-refractivity contribution in [2.75, 3.05) is 20.2 Å². The Balaban J connectivity index is 1.99. The fourth-order valence-corrected chi connectivity index (χ4v) is 2.57. The molecule has 2 rings (SSSR count). The van der Waals surface area contributed by atoms with Crippen LogP contribution in [0.15, 0.2) is 24.3 Å². The molecule has 0 radical (unpaired) electrons. The van der Waals surface area contributed by atoms with Gasteiger partial charge in [-0.3, -0.25) is 9.69 Å². The summed E-state index contributed by atoms with van der Waals surface area (Å²) in [5.41, 5.74) is 2.20. The first-order valence-corrected chi connectivity index (χ1v) is 6.98. The first-order chi connectivity index (χ1) is 9.72. The molecule has 0 saturated carbocycles. The van der Waals surface area contributed by atoms with Crippen LogP contribution >= 0.6 is 0 Å². The first-order valence-electron chi connectivity index (χ1n) is 6.98. The molecule has 1 aliphatic heterocycles. The van der Waals surface area contributed by atoms with Crippen molar-refractivity contribution in [2.45, 2.75) is 25.8 Å². The van der Waals surface area contributed by atoms with Crippen molar-refractivity contribution in [1.29, 1.82) is 5.26 Å². The summed E-state index contributed by atoms with van der Waals surface area (Å²) in [5, 5.41) is 8.92. The average Bonchev–Trinajstić information content (AvgIpc) is 2.50. The lowest BCUT2D eigenvalue weighted by molar-refractivity contribution is -0.139. The minimum atomic E-state index is -0.208. The van der Waals surface area contributed by atoms with E-state index in [1.54, 1.807) is 0 Å². The van der Waals surface area contributed by atoms with Gasteiger partial charge in [-0.25, -0.2) is 0 Å². The van der Waals surface area contributed by atoms with Crippen molar-refractivity contribution in [3.05, 3.63) is 35.4 Å². The number of esters is 1. The van der Waals surface area contributed by atoms with Crippen LogP contribution in [0.5, 0.6) is 0 Å². The van der Waals surface area contributed by atoms with Crippen LogP contribution in [0.2, 0.25) is 0 Å². The molecular weight excluding hydrogens is 252 g/mol. The predicted molar refractivity (Wildman–Crippen MR) is 75.8 cm³/mol. The maximum Gasteiger partial charge on any atom is 0.309 e. The van der Waals surface area contributed by atoms with Gasteiger partial charge >= 0.3 is 5.97 Å². The quantitative estimate of drug-likeness (QED) is 0.788. The molecule has 0 atom stereocenters. The van der Waals surface area contributed by atoms with Gasteiger partial charge in [0.25, 0.3) is 0 Å². The number of ether oxygens (including phenoxy) is 1. The van der Waals surface area contributed by atoms with E-state index in [1.165, 1.54) is 12.7 Å². The fourth-order valence-electron chi connectivity index (χ4n) is 2.57. The number of rotatable bonds is 4. The Kier molecular flexibility index (Phi) is 5.14. The monoisotopic (exact) mass is 272 g/mol. The van der Waals surface area contributed by atoms with E-state index in [2.05, 4.69) is 17.0 Å². The number of carbonyl (C=O) groups is 1. The normalized spacial score (nSPS) is 16.6. The summed E-state index contributed by atoms with van der Waals surface area (Å²) < 4.78 is 4.74. The van der Waals surface area contributed by atoms with Crippen LogP contribution in [0, 0.1) is 17.2 Å². The van der Waals surface area contributed by atoms with Gasteiger partial charge < -0.3 is 4.74 Å². The Morgan fingerprint density at radius 2 is 2.00 bits per heavy atom. The first kappa shape index (κ1) is 14.5. The average molecular weight is 272 g/mol. The van der Waals surface area contributed by atoms with Crippen molar-refractivity contribution in [1.82, 2.24) is 4.90 Å². The lowest BCUT2D eigenvalue weighted by atomic mass is 9.97. The van der Waals surface area contributed by atoms with Crippen LogP contribution in [-0.4, -0.2) is 31.1 Å². The number of nitriles is 1. The highest BCUT2D eigenvalue weighted by molar-refractivity contribution is 5.72. The summed E-state index contributed by atoms with van der Waals surface area (Å²) in [6, 6.07) is 10.3. The molecule has 1 aliphatic rings. The number of carbonyl (C=O) groups excluding carboxylic acids is 1. The lowest BCUT2D eigenvalue weighted by Crippen LogP contribution is -2.33. The summed E-state index contributed by atoms with van der Waals surface area (Å²) in [6.07, 6.45) is 2.20. The van der Waals surface area contributed by atoms with Gasteiger partial charge in [-0.15, -0.1) is 0 Å². The van der Waals surface area contributed by atoms with Crippen LogP contribution in [0.1, 0.15) is 24.0 Å². The molecule has 1 heterocycles. The molecule has 1 saturated heterocycles. The molecule has 20 heavy (non-hydrogen) atoms. The van der Waals surface area contributed by atoms with Crippen LogP contribution in [0.4, 0.5) is 0 Å². The highest BCUT2D eigenvalue weighted by Gasteiger charge is 2.19. The smallest absolute Gasteiger partial charge is 0.309 e. The Morgan fingerprint density at radius 3 is 2.60 bits per heavy atom. The van der Waals surface area contributed by atoms with E-state index in [-0.39, 0.29) is 11.9 Å². The summed E-state index contributed by atoms with van der Waals surface area (Å²) >= 11 is 0. The van der Waals surface area contributed by atoms with Crippen LogP contribution < -0.4 is 0 Å². The molecule has 4 nitrogen and oxygen atoms in total. The zero-order valence-electron chi connectivity index (χ0n) is 11.8. The minimum absolute atomic E-state index is 0.205. The Morgan fingerprint density at radius 1 is 1.35 bits per heavy atom. The van der Waals surface area contributed by atoms with Crippen molar-refractivity contribution < 1.29 is 9.53 Å². The Hall–Kier alpha value is -1.86. The molecule has 0 amide bonds. The highest BCUT2D eigenvalue weighted by atomic mass is 16.5. The number of likely N-dealkylation sites (tertiary alicyclic amines) is 1. The largest absolute Gasteiger partial charge is 0.469 e. The maximum atomic E-state index is 11.4. The van der Waals surface area contributed by atoms with Gasteiger partial charge in [-0.1, -0.05) is 24.3 Å². The van der Waals surface area contributed by atoms with Gasteiger partial charge in [0, 0.05) is 12.5 Å². The van der Waals surface area contributed by atoms with E-state index < -0.39 is 0 Å². The van der Waals surface area contributed by atoms with Crippen molar-refractivity contribution in [3.63, 3.8) is 0 Å². The second-order valence-electron chi connectivity index (χ2n) is 5.20.